The molecule has 6 heteroatoms. The third kappa shape index (κ3) is 3.36. The minimum Gasteiger partial charge on any atom is -0.481 e. The molecule has 0 saturated heterocycles. The second-order valence-corrected chi connectivity index (χ2v) is 6.24. The zero-order valence-corrected chi connectivity index (χ0v) is 12.5. The molecule has 0 spiro atoms. The van der Waals surface area contributed by atoms with Gasteiger partial charge in [-0.05, 0) is 19.3 Å². The Hall–Kier alpha value is -1.43. The molecule has 0 unspecified atom stereocenters. The Balaban J connectivity index is 1.74. The van der Waals surface area contributed by atoms with Crippen LogP contribution in [-0.2, 0) is 22.4 Å². The van der Waals surface area contributed by atoms with Crippen molar-refractivity contribution in [2.45, 2.75) is 45.4 Å². The minimum atomic E-state index is -0.842. The molecule has 5 nitrogen and oxygen atoms in total. The molecule has 2 rings (SSSR count). The van der Waals surface area contributed by atoms with Crippen molar-refractivity contribution >= 4 is 23.2 Å². The van der Waals surface area contributed by atoms with Crippen LogP contribution in [0.4, 0.5) is 0 Å². The maximum Gasteiger partial charge on any atom is 0.310 e. The summed E-state index contributed by atoms with van der Waals surface area (Å²) < 4.78 is 0. The molecular weight excluding hydrogens is 276 g/mol. The number of aromatic nitrogens is 1. The summed E-state index contributed by atoms with van der Waals surface area (Å²) >= 11 is 1.63. The number of carboxylic acid groups (broad SMARTS) is 1. The van der Waals surface area contributed by atoms with Crippen LogP contribution in [0.2, 0.25) is 0 Å². The van der Waals surface area contributed by atoms with Crippen molar-refractivity contribution in [3.8, 4) is 0 Å². The van der Waals surface area contributed by atoms with Gasteiger partial charge in [-0.2, -0.15) is 0 Å². The summed E-state index contributed by atoms with van der Waals surface area (Å²) in [5.74, 6) is -1.01. The van der Waals surface area contributed by atoms with Crippen molar-refractivity contribution in [3.05, 3.63) is 16.1 Å². The van der Waals surface area contributed by atoms with E-state index in [4.69, 9.17) is 0 Å². The molecule has 20 heavy (non-hydrogen) atoms. The molecule has 1 aromatic rings. The number of nitrogens with zero attached hydrogens (tertiary/aromatic N) is 1. The maximum absolute atomic E-state index is 11.8. The van der Waals surface area contributed by atoms with Crippen molar-refractivity contribution in [3.63, 3.8) is 0 Å². The number of carbonyl (C=O) groups is 2. The van der Waals surface area contributed by atoms with Crippen LogP contribution in [0.1, 0.15) is 43.3 Å². The van der Waals surface area contributed by atoms with Crippen molar-refractivity contribution in [1.29, 1.82) is 0 Å². The lowest BCUT2D eigenvalue weighted by Crippen LogP contribution is -2.42. The Morgan fingerprint density at radius 1 is 1.50 bits per heavy atom. The fraction of sp³-hybridized carbons (Fsp3) is 0.643. The molecule has 1 amide bonds. The summed E-state index contributed by atoms with van der Waals surface area (Å²) in [6, 6.07) is 0. The third-order valence-electron chi connectivity index (χ3n) is 3.87. The molecule has 0 aliphatic heterocycles. The molecule has 1 heterocycles. The Morgan fingerprint density at radius 2 is 2.25 bits per heavy atom. The molecule has 0 radical (unpaired) electrons. The number of amides is 1. The number of carbonyl (C=O) groups excluding carboxylic acids is 1. The number of aliphatic carboxylic acids is 1. The Morgan fingerprint density at radius 3 is 2.75 bits per heavy atom. The van der Waals surface area contributed by atoms with Crippen molar-refractivity contribution in [2.24, 2.45) is 5.41 Å². The lowest BCUT2D eigenvalue weighted by atomic mass is 9.66. The average Bonchev–Trinajstić information content (AvgIpc) is 2.81. The van der Waals surface area contributed by atoms with E-state index in [0.717, 1.165) is 23.5 Å². The summed E-state index contributed by atoms with van der Waals surface area (Å²) in [7, 11) is 0. The van der Waals surface area contributed by atoms with E-state index in [1.165, 1.54) is 0 Å². The summed E-state index contributed by atoms with van der Waals surface area (Å²) in [5, 5.41) is 15.1. The highest BCUT2D eigenvalue weighted by molar-refractivity contribution is 7.09. The molecule has 0 bridgehead atoms. The van der Waals surface area contributed by atoms with Crippen LogP contribution in [0.15, 0.2) is 5.38 Å². The van der Waals surface area contributed by atoms with Crippen molar-refractivity contribution < 1.29 is 14.7 Å². The van der Waals surface area contributed by atoms with Crippen LogP contribution in [0.3, 0.4) is 0 Å². The molecule has 1 aliphatic rings. The number of rotatable bonds is 7. The van der Waals surface area contributed by atoms with Gasteiger partial charge in [0.15, 0.2) is 0 Å². The first-order chi connectivity index (χ1) is 9.55. The number of nitrogens with one attached hydrogen (secondary N) is 1. The Bertz CT molecular complexity index is 494. The predicted molar refractivity (Wildman–Crippen MR) is 76.7 cm³/mol. The van der Waals surface area contributed by atoms with E-state index in [-0.39, 0.29) is 12.3 Å². The van der Waals surface area contributed by atoms with E-state index in [9.17, 15) is 14.7 Å². The monoisotopic (exact) mass is 296 g/mol. The fourth-order valence-corrected chi connectivity index (χ4v) is 3.18. The quantitative estimate of drug-likeness (QED) is 0.806. The van der Waals surface area contributed by atoms with Crippen LogP contribution in [0.5, 0.6) is 0 Å². The van der Waals surface area contributed by atoms with Gasteiger partial charge in [0.05, 0.1) is 16.1 Å². The van der Waals surface area contributed by atoms with Gasteiger partial charge in [0.25, 0.3) is 0 Å². The molecule has 110 valence electrons. The summed E-state index contributed by atoms with van der Waals surface area (Å²) in [4.78, 5) is 27.4. The van der Waals surface area contributed by atoms with E-state index in [1.54, 1.807) is 11.3 Å². The number of hydrogen-bond donors (Lipinski definition) is 2. The summed E-state index contributed by atoms with van der Waals surface area (Å²) in [6.45, 7) is 2.58. The van der Waals surface area contributed by atoms with Gasteiger partial charge in [-0.25, -0.2) is 4.98 Å². The van der Waals surface area contributed by atoms with Gasteiger partial charge in [0, 0.05) is 24.8 Å². The third-order valence-corrected chi connectivity index (χ3v) is 4.91. The van der Waals surface area contributed by atoms with E-state index < -0.39 is 11.4 Å². The van der Waals surface area contributed by atoms with Crippen LogP contribution in [0, 0.1) is 5.41 Å². The summed E-state index contributed by atoms with van der Waals surface area (Å²) in [6.07, 6.45) is 3.85. The second-order valence-electron chi connectivity index (χ2n) is 5.30. The van der Waals surface area contributed by atoms with Crippen LogP contribution in [0.25, 0.3) is 0 Å². The summed E-state index contributed by atoms with van der Waals surface area (Å²) in [5.41, 5.74) is 0.184. The lowest BCUT2D eigenvalue weighted by molar-refractivity contribution is -0.157. The molecule has 0 atom stereocenters. The molecule has 2 N–H and O–H groups in total. The van der Waals surface area contributed by atoms with E-state index in [2.05, 4.69) is 17.2 Å². The zero-order valence-electron chi connectivity index (χ0n) is 11.6. The average molecular weight is 296 g/mol. The van der Waals surface area contributed by atoms with Crippen LogP contribution in [-0.4, -0.2) is 28.5 Å². The zero-order chi connectivity index (χ0) is 14.6. The molecule has 1 aromatic heterocycles. The van der Waals surface area contributed by atoms with E-state index in [1.807, 2.05) is 5.38 Å². The second kappa shape index (κ2) is 6.35. The lowest BCUT2D eigenvalue weighted by Gasteiger charge is -2.36. The van der Waals surface area contributed by atoms with Crippen LogP contribution < -0.4 is 5.32 Å². The van der Waals surface area contributed by atoms with Gasteiger partial charge in [-0.1, -0.05) is 13.3 Å². The van der Waals surface area contributed by atoms with Gasteiger partial charge in [0.2, 0.25) is 5.91 Å². The number of aryl methyl sites for hydroxylation is 1. The van der Waals surface area contributed by atoms with Gasteiger partial charge >= 0.3 is 5.97 Å². The number of thiazole rings is 1. The molecule has 1 saturated carbocycles. The van der Waals surface area contributed by atoms with Gasteiger partial charge in [-0.15, -0.1) is 11.3 Å². The Kier molecular flexibility index (Phi) is 4.75. The highest BCUT2D eigenvalue weighted by atomic mass is 32.1. The van der Waals surface area contributed by atoms with Crippen molar-refractivity contribution in [2.75, 3.05) is 6.54 Å². The van der Waals surface area contributed by atoms with Gasteiger partial charge in [0.1, 0.15) is 0 Å². The van der Waals surface area contributed by atoms with Crippen LogP contribution >= 0.6 is 11.3 Å². The predicted octanol–water partition coefficient (Wildman–Crippen LogP) is 2.01. The fourth-order valence-electron chi connectivity index (χ4n) is 2.40. The number of carboxylic acids is 1. The first kappa shape index (κ1) is 15.0. The van der Waals surface area contributed by atoms with Gasteiger partial charge in [-0.3, -0.25) is 9.59 Å². The standard InChI is InChI=1S/C14H20N2O3S/c1-2-12-16-10(9-20-12)4-7-15-11(17)8-14(13(18)19)5-3-6-14/h9H,2-8H2,1H3,(H,15,17)(H,18,19). The molecule has 1 aliphatic carbocycles. The normalized spacial score (nSPS) is 16.4. The minimum absolute atomic E-state index is 0.0968. The van der Waals surface area contributed by atoms with Gasteiger partial charge < -0.3 is 10.4 Å². The van der Waals surface area contributed by atoms with E-state index >= 15 is 0 Å². The first-order valence-corrected chi connectivity index (χ1v) is 7.87. The van der Waals surface area contributed by atoms with E-state index in [0.29, 0.717) is 25.8 Å². The maximum atomic E-state index is 11.8. The highest BCUT2D eigenvalue weighted by Crippen LogP contribution is 2.44. The molecule has 1 fully saturated rings. The first-order valence-electron chi connectivity index (χ1n) is 6.99. The molecular formula is C14H20N2O3S. The SMILES string of the molecule is CCc1nc(CCNC(=O)CC2(C(=O)O)CCC2)cs1. The Labute approximate surface area is 122 Å². The topological polar surface area (TPSA) is 79.3 Å². The highest BCUT2D eigenvalue weighted by Gasteiger charge is 2.45. The largest absolute Gasteiger partial charge is 0.481 e. The smallest absolute Gasteiger partial charge is 0.310 e. The number of hydrogen-bond acceptors (Lipinski definition) is 4. The van der Waals surface area contributed by atoms with Crippen molar-refractivity contribution in [1.82, 2.24) is 10.3 Å². The molecule has 0 aromatic carbocycles.